The van der Waals surface area contributed by atoms with Gasteiger partial charge in [-0.05, 0) is 31.9 Å². The summed E-state index contributed by atoms with van der Waals surface area (Å²) < 4.78 is 6.79. The van der Waals surface area contributed by atoms with Gasteiger partial charge in [-0.3, -0.25) is 9.59 Å². The Labute approximate surface area is 133 Å². The molecule has 0 unspecified atom stereocenters. The van der Waals surface area contributed by atoms with Crippen LogP contribution < -0.4 is 10.9 Å². The maximum absolute atomic E-state index is 12.3. The van der Waals surface area contributed by atoms with Gasteiger partial charge in [-0.1, -0.05) is 17.3 Å². The fourth-order valence-electron chi connectivity index (χ4n) is 2.79. The monoisotopic (exact) mass is 316 g/mol. The van der Waals surface area contributed by atoms with Gasteiger partial charge < -0.3 is 10.1 Å². The van der Waals surface area contributed by atoms with Crippen LogP contribution in [0.4, 0.5) is 0 Å². The number of nitrogens with one attached hydrogen (secondary N) is 1. The molecule has 0 radical (unpaired) electrons. The molecule has 2 atom stereocenters. The van der Waals surface area contributed by atoms with Crippen LogP contribution in [0.1, 0.15) is 26.2 Å². The Morgan fingerprint density at radius 3 is 3.09 bits per heavy atom. The Morgan fingerprint density at radius 1 is 1.48 bits per heavy atom. The maximum atomic E-state index is 12.3. The van der Waals surface area contributed by atoms with E-state index in [4.69, 9.17) is 4.74 Å². The predicted molar refractivity (Wildman–Crippen MR) is 85.0 cm³/mol. The van der Waals surface area contributed by atoms with Gasteiger partial charge in [0.25, 0.3) is 5.56 Å². The van der Waals surface area contributed by atoms with Crippen LogP contribution in [-0.2, 0) is 16.1 Å². The molecular weight excluding hydrogens is 296 g/mol. The van der Waals surface area contributed by atoms with Crippen LogP contribution in [0, 0.1) is 0 Å². The van der Waals surface area contributed by atoms with Gasteiger partial charge in [0.2, 0.25) is 5.91 Å². The summed E-state index contributed by atoms with van der Waals surface area (Å²) in [6.45, 7) is 2.91. The zero-order chi connectivity index (χ0) is 16.2. The van der Waals surface area contributed by atoms with Crippen molar-refractivity contribution < 1.29 is 9.53 Å². The zero-order valence-corrected chi connectivity index (χ0v) is 13.1. The molecule has 1 aromatic heterocycles. The molecule has 7 nitrogen and oxygen atoms in total. The first kappa shape index (κ1) is 15.6. The lowest BCUT2D eigenvalue weighted by Crippen LogP contribution is -2.41. The first-order valence-electron chi connectivity index (χ1n) is 7.88. The molecule has 2 aromatic rings. The standard InChI is InChI=1S/C16H20N4O3/c1-11(14-7-4-10-23-14)17-15(21)8-9-20-16(22)12-5-2-3-6-13(12)18-19-20/h2-3,5-6,11,14H,4,7-10H2,1H3,(H,17,21)/t11-,14-/m1/s1. The van der Waals surface area contributed by atoms with Gasteiger partial charge in [-0.2, -0.15) is 0 Å². The molecule has 1 aromatic carbocycles. The van der Waals surface area contributed by atoms with Gasteiger partial charge in [0, 0.05) is 13.0 Å². The third-order valence-electron chi connectivity index (χ3n) is 4.09. The van der Waals surface area contributed by atoms with Gasteiger partial charge in [-0.15, -0.1) is 5.10 Å². The molecule has 1 N–H and O–H groups in total. The van der Waals surface area contributed by atoms with Crippen LogP contribution in [0.5, 0.6) is 0 Å². The van der Waals surface area contributed by atoms with Crippen molar-refractivity contribution in [3.63, 3.8) is 0 Å². The zero-order valence-electron chi connectivity index (χ0n) is 13.1. The van der Waals surface area contributed by atoms with Crippen molar-refractivity contribution in [1.29, 1.82) is 0 Å². The Bertz CT molecular complexity index is 752. The summed E-state index contributed by atoms with van der Waals surface area (Å²) in [7, 11) is 0. The minimum atomic E-state index is -0.226. The molecule has 1 fully saturated rings. The van der Waals surface area contributed by atoms with Gasteiger partial charge in [0.05, 0.1) is 24.1 Å². The maximum Gasteiger partial charge on any atom is 0.277 e. The van der Waals surface area contributed by atoms with Crippen molar-refractivity contribution >= 4 is 16.8 Å². The minimum absolute atomic E-state index is 0.0237. The summed E-state index contributed by atoms with van der Waals surface area (Å²) in [5.41, 5.74) is 0.334. The normalized spacial score (nSPS) is 18.9. The molecule has 122 valence electrons. The van der Waals surface area contributed by atoms with Crippen molar-refractivity contribution in [2.45, 2.75) is 44.9 Å². The summed E-state index contributed by atoms with van der Waals surface area (Å²) in [4.78, 5) is 24.3. The van der Waals surface area contributed by atoms with Crippen LogP contribution in [0.3, 0.4) is 0 Å². The first-order chi connectivity index (χ1) is 11.1. The highest BCUT2D eigenvalue weighted by Crippen LogP contribution is 2.15. The summed E-state index contributed by atoms with van der Waals surface area (Å²) in [6, 6.07) is 7.02. The van der Waals surface area contributed by atoms with Gasteiger partial charge in [-0.25, -0.2) is 4.68 Å². The third kappa shape index (κ3) is 3.56. The molecule has 0 aliphatic carbocycles. The van der Waals surface area contributed by atoms with Crippen LogP contribution in [0.25, 0.3) is 10.9 Å². The third-order valence-corrected chi connectivity index (χ3v) is 4.09. The second-order valence-electron chi connectivity index (χ2n) is 5.79. The number of rotatable bonds is 5. The lowest BCUT2D eigenvalue weighted by atomic mass is 10.1. The number of hydrogen-bond donors (Lipinski definition) is 1. The summed E-state index contributed by atoms with van der Waals surface area (Å²) in [6.07, 6.45) is 2.27. The highest BCUT2D eigenvalue weighted by molar-refractivity contribution is 5.77. The van der Waals surface area contributed by atoms with E-state index in [1.165, 1.54) is 4.68 Å². The second-order valence-corrected chi connectivity index (χ2v) is 5.79. The molecule has 2 heterocycles. The Balaban J connectivity index is 1.60. The van der Waals surface area contributed by atoms with E-state index in [-0.39, 0.29) is 36.6 Å². The molecular formula is C16H20N4O3. The van der Waals surface area contributed by atoms with Crippen molar-refractivity contribution in [3.8, 4) is 0 Å². The number of ether oxygens (including phenoxy) is 1. The first-order valence-corrected chi connectivity index (χ1v) is 7.88. The molecule has 1 amide bonds. The van der Waals surface area contributed by atoms with Gasteiger partial charge in [0.1, 0.15) is 5.52 Å². The van der Waals surface area contributed by atoms with Crippen molar-refractivity contribution in [3.05, 3.63) is 34.6 Å². The van der Waals surface area contributed by atoms with Gasteiger partial charge in [0.15, 0.2) is 0 Å². The van der Waals surface area contributed by atoms with Gasteiger partial charge >= 0.3 is 0 Å². The van der Waals surface area contributed by atoms with E-state index >= 15 is 0 Å². The van der Waals surface area contributed by atoms with Crippen LogP contribution in [0.2, 0.25) is 0 Å². The fourth-order valence-corrected chi connectivity index (χ4v) is 2.79. The average Bonchev–Trinajstić information content (AvgIpc) is 3.09. The van der Waals surface area contributed by atoms with E-state index in [1.54, 1.807) is 24.3 Å². The number of hydrogen-bond acceptors (Lipinski definition) is 5. The minimum Gasteiger partial charge on any atom is -0.376 e. The molecule has 7 heteroatoms. The molecule has 1 saturated heterocycles. The van der Waals surface area contributed by atoms with Crippen LogP contribution in [-0.4, -0.2) is 39.7 Å². The lowest BCUT2D eigenvalue weighted by molar-refractivity contribution is -0.122. The van der Waals surface area contributed by atoms with Crippen molar-refractivity contribution in [2.24, 2.45) is 0 Å². The van der Waals surface area contributed by atoms with Crippen LogP contribution >= 0.6 is 0 Å². The summed E-state index contributed by atoms with van der Waals surface area (Å²) >= 11 is 0. The number of benzene rings is 1. The number of carbonyl (C=O) groups is 1. The molecule has 23 heavy (non-hydrogen) atoms. The summed E-state index contributed by atoms with van der Waals surface area (Å²) in [5, 5.41) is 11.3. The number of aryl methyl sites for hydroxylation is 1. The number of carbonyl (C=O) groups excluding carboxylic acids is 1. The van der Waals surface area contributed by atoms with E-state index in [2.05, 4.69) is 15.6 Å². The number of nitrogens with zero attached hydrogens (tertiary/aromatic N) is 3. The predicted octanol–water partition coefficient (Wildman–Crippen LogP) is 0.865. The van der Waals surface area contributed by atoms with Crippen molar-refractivity contribution in [2.75, 3.05) is 6.61 Å². The second kappa shape index (κ2) is 6.87. The average molecular weight is 316 g/mol. The quantitative estimate of drug-likeness (QED) is 0.884. The van der Waals surface area contributed by atoms with E-state index in [1.807, 2.05) is 6.92 Å². The summed E-state index contributed by atoms with van der Waals surface area (Å²) in [5.74, 6) is -0.116. The SMILES string of the molecule is C[C@@H](NC(=O)CCn1nnc2ccccc2c1=O)[C@H]1CCCO1. The largest absolute Gasteiger partial charge is 0.376 e. The molecule has 0 bridgehead atoms. The van der Waals surface area contributed by atoms with Crippen LogP contribution in [0.15, 0.2) is 29.1 Å². The Hall–Kier alpha value is -2.28. The molecule has 0 spiro atoms. The molecule has 1 aliphatic heterocycles. The Kier molecular flexibility index (Phi) is 4.66. The highest BCUT2D eigenvalue weighted by atomic mass is 16.5. The topological polar surface area (TPSA) is 86.1 Å². The number of fused-ring (bicyclic) bond motifs is 1. The lowest BCUT2D eigenvalue weighted by Gasteiger charge is -2.19. The highest BCUT2D eigenvalue weighted by Gasteiger charge is 2.23. The Morgan fingerprint density at radius 2 is 2.30 bits per heavy atom. The number of aromatic nitrogens is 3. The van der Waals surface area contributed by atoms with E-state index in [0.717, 1.165) is 19.4 Å². The molecule has 1 aliphatic rings. The van der Waals surface area contributed by atoms with E-state index in [9.17, 15) is 9.59 Å². The smallest absolute Gasteiger partial charge is 0.277 e. The molecule has 3 rings (SSSR count). The van der Waals surface area contributed by atoms with E-state index < -0.39 is 0 Å². The molecule has 0 saturated carbocycles. The van der Waals surface area contributed by atoms with Crippen molar-refractivity contribution in [1.82, 2.24) is 20.3 Å². The number of amides is 1. The fraction of sp³-hybridized carbons (Fsp3) is 0.500. The van der Waals surface area contributed by atoms with E-state index in [0.29, 0.717) is 10.9 Å².